The highest BCUT2D eigenvalue weighted by molar-refractivity contribution is 6.28. The lowest BCUT2D eigenvalue weighted by Crippen LogP contribution is -2.05. The van der Waals surface area contributed by atoms with E-state index in [-0.39, 0.29) is 11.3 Å². The average Bonchev–Trinajstić information content (AvgIpc) is 3.40. The number of benzene rings is 1. The normalized spacial score (nSPS) is 14.3. The van der Waals surface area contributed by atoms with Gasteiger partial charge < -0.3 is 15.6 Å². The van der Waals surface area contributed by atoms with Gasteiger partial charge in [-0.25, -0.2) is 9.97 Å². The summed E-state index contributed by atoms with van der Waals surface area (Å²) < 4.78 is 40.8. The molecule has 0 radical (unpaired) electrons. The number of nitrogens with zero attached hydrogens (tertiary/aromatic N) is 4. The van der Waals surface area contributed by atoms with Crippen LogP contribution in [0.1, 0.15) is 30.1 Å². The summed E-state index contributed by atoms with van der Waals surface area (Å²) in [6.45, 7) is 0.419. The predicted octanol–water partition coefficient (Wildman–Crippen LogP) is 4.54. The maximum Gasteiger partial charge on any atom is 0.434 e. The van der Waals surface area contributed by atoms with E-state index in [1.807, 2.05) is 12.1 Å². The summed E-state index contributed by atoms with van der Waals surface area (Å²) in [5, 5.41) is 3.15. The van der Waals surface area contributed by atoms with Crippen LogP contribution < -0.4 is 11.1 Å². The van der Waals surface area contributed by atoms with Crippen molar-refractivity contribution in [3.05, 3.63) is 53.2 Å². The van der Waals surface area contributed by atoms with E-state index in [4.69, 9.17) is 17.3 Å². The first-order valence-electron chi connectivity index (χ1n) is 8.58. The highest BCUT2D eigenvalue weighted by Crippen LogP contribution is 2.40. The van der Waals surface area contributed by atoms with E-state index in [0.717, 1.165) is 24.6 Å². The van der Waals surface area contributed by atoms with Gasteiger partial charge in [0.25, 0.3) is 0 Å². The number of rotatable bonds is 5. The standard InChI is InChI=1S/C18H16ClF3N6/c19-17-25-8-13(23)15(27-17)24-7-10-1-3-11(4-2-10)16-26-14(18(20,21)22)9-28(16)12-5-6-12/h1-4,8-9,12H,5-7,23H2,(H,24,25,27). The molecule has 10 heteroatoms. The molecular formula is C18H16ClF3N6. The van der Waals surface area contributed by atoms with E-state index >= 15 is 0 Å². The van der Waals surface area contributed by atoms with Crippen molar-refractivity contribution in [2.24, 2.45) is 0 Å². The third-order valence-corrected chi connectivity index (χ3v) is 4.60. The summed E-state index contributed by atoms with van der Waals surface area (Å²) in [6, 6.07) is 7.25. The molecule has 0 saturated heterocycles. The van der Waals surface area contributed by atoms with Crippen molar-refractivity contribution >= 4 is 23.1 Å². The minimum Gasteiger partial charge on any atom is -0.394 e. The van der Waals surface area contributed by atoms with Crippen LogP contribution in [0.25, 0.3) is 11.4 Å². The number of halogens is 4. The zero-order chi connectivity index (χ0) is 19.9. The van der Waals surface area contributed by atoms with Gasteiger partial charge in [-0.3, -0.25) is 0 Å². The van der Waals surface area contributed by atoms with Gasteiger partial charge in [0.2, 0.25) is 5.28 Å². The molecular weight excluding hydrogens is 393 g/mol. The Balaban J connectivity index is 1.53. The number of nitrogens with two attached hydrogens (primary N) is 1. The average molecular weight is 409 g/mol. The molecule has 1 aliphatic rings. The molecule has 146 valence electrons. The summed E-state index contributed by atoms with van der Waals surface area (Å²) in [4.78, 5) is 11.6. The summed E-state index contributed by atoms with van der Waals surface area (Å²) >= 11 is 5.76. The second-order valence-electron chi connectivity index (χ2n) is 6.58. The lowest BCUT2D eigenvalue weighted by Gasteiger charge is -2.09. The van der Waals surface area contributed by atoms with Crippen LogP contribution in [0.4, 0.5) is 24.7 Å². The van der Waals surface area contributed by atoms with Crippen molar-refractivity contribution in [2.45, 2.75) is 31.6 Å². The van der Waals surface area contributed by atoms with Crippen LogP contribution in [0.3, 0.4) is 0 Å². The third kappa shape index (κ3) is 3.89. The first-order chi connectivity index (χ1) is 13.3. The summed E-state index contributed by atoms with van der Waals surface area (Å²) in [7, 11) is 0. The summed E-state index contributed by atoms with van der Waals surface area (Å²) in [6.07, 6.45) is -0.213. The van der Waals surface area contributed by atoms with E-state index in [1.54, 1.807) is 16.7 Å². The van der Waals surface area contributed by atoms with Crippen LogP contribution in [0.5, 0.6) is 0 Å². The first-order valence-corrected chi connectivity index (χ1v) is 8.96. The van der Waals surface area contributed by atoms with Crippen LogP contribution >= 0.6 is 11.6 Å². The molecule has 2 heterocycles. The molecule has 4 rings (SSSR count). The van der Waals surface area contributed by atoms with Crippen LogP contribution in [-0.2, 0) is 12.7 Å². The fourth-order valence-electron chi connectivity index (χ4n) is 2.84. The van der Waals surface area contributed by atoms with Gasteiger partial charge in [-0.1, -0.05) is 24.3 Å². The largest absolute Gasteiger partial charge is 0.434 e. The van der Waals surface area contributed by atoms with Gasteiger partial charge in [0.15, 0.2) is 11.5 Å². The molecule has 28 heavy (non-hydrogen) atoms. The SMILES string of the molecule is Nc1cnc(Cl)nc1NCc1ccc(-c2nc(C(F)(F)F)cn2C2CC2)cc1. The zero-order valence-corrected chi connectivity index (χ0v) is 15.3. The van der Waals surface area contributed by atoms with E-state index in [2.05, 4.69) is 20.3 Å². The highest BCUT2D eigenvalue weighted by atomic mass is 35.5. The minimum absolute atomic E-state index is 0.0828. The van der Waals surface area contributed by atoms with Gasteiger partial charge in [-0.2, -0.15) is 18.2 Å². The zero-order valence-electron chi connectivity index (χ0n) is 14.5. The number of anilines is 2. The van der Waals surface area contributed by atoms with Gasteiger partial charge in [-0.05, 0) is 30.0 Å². The number of alkyl halides is 3. The number of nitrogen functional groups attached to an aromatic ring is 1. The van der Waals surface area contributed by atoms with Gasteiger partial charge in [-0.15, -0.1) is 0 Å². The van der Waals surface area contributed by atoms with Crippen molar-refractivity contribution < 1.29 is 13.2 Å². The van der Waals surface area contributed by atoms with E-state index in [1.165, 1.54) is 6.20 Å². The van der Waals surface area contributed by atoms with Crippen molar-refractivity contribution in [2.75, 3.05) is 11.1 Å². The van der Waals surface area contributed by atoms with Gasteiger partial charge in [0, 0.05) is 24.3 Å². The molecule has 0 aliphatic heterocycles. The molecule has 0 bridgehead atoms. The first kappa shape index (κ1) is 18.5. The minimum atomic E-state index is -4.46. The molecule has 3 N–H and O–H groups in total. The summed E-state index contributed by atoms with van der Waals surface area (Å²) in [5.74, 6) is 0.754. The Hall–Kier alpha value is -2.81. The van der Waals surface area contributed by atoms with E-state index < -0.39 is 11.9 Å². The van der Waals surface area contributed by atoms with E-state index in [9.17, 15) is 13.2 Å². The number of hydrogen-bond donors (Lipinski definition) is 2. The summed E-state index contributed by atoms with van der Waals surface area (Å²) in [5.41, 5.74) is 6.83. The van der Waals surface area contributed by atoms with Gasteiger partial charge in [0.1, 0.15) is 5.82 Å². The topological polar surface area (TPSA) is 81.7 Å². The van der Waals surface area contributed by atoms with Crippen molar-refractivity contribution in [3.8, 4) is 11.4 Å². The Labute approximate surface area is 163 Å². The second kappa shape index (κ2) is 6.97. The maximum atomic E-state index is 13.1. The van der Waals surface area contributed by atoms with Crippen LogP contribution in [0.15, 0.2) is 36.7 Å². The number of imidazole rings is 1. The molecule has 3 aromatic rings. The number of hydrogen-bond acceptors (Lipinski definition) is 5. The Morgan fingerprint density at radius 2 is 1.89 bits per heavy atom. The second-order valence-corrected chi connectivity index (χ2v) is 6.92. The smallest absolute Gasteiger partial charge is 0.394 e. The lowest BCUT2D eigenvalue weighted by molar-refractivity contribution is -0.140. The fourth-order valence-corrected chi connectivity index (χ4v) is 2.98. The molecule has 2 aromatic heterocycles. The van der Waals surface area contributed by atoms with Gasteiger partial charge >= 0.3 is 6.18 Å². The molecule has 0 spiro atoms. The van der Waals surface area contributed by atoms with Crippen molar-refractivity contribution in [1.82, 2.24) is 19.5 Å². The molecule has 0 amide bonds. The predicted molar refractivity (Wildman–Crippen MR) is 99.7 cm³/mol. The third-order valence-electron chi connectivity index (χ3n) is 4.42. The highest BCUT2D eigenvalue weighted by Gasteiger charge is 2.37. The monoisotopic (exact) mass is 408 g/mol. The molecule has 1 aliphatic carbocycles. The molecule has 0 unspecified atom stereocenters. The Morgan fingerprint density at radius 1 is 1.18 bits per heavy atom. The molecule has 1 saturated carbocycles. The molecule has 1 aromatic carbocycles. The van der Waals surface area contributed by atoms with Crippen molar-refractivity contribution in [3.63, 3.8) is 0 Å². The lowest BCUT2D eigenvalue weighted by atomic mass is 10.1. The number of aromatic nitrogens is 4. The van der Waals surface area contributed by atoms with E-state index in [0.29, 0.717) is 29.4 Å². The quantitative estimate of drug-likeness (QED) is 0.606. The molecule has 1 fully saturated rings. The number of nitrogens with one attached hydrogen (secondary N) is 1. The fraction of sp³-hybridized carbons (Fsp3) is 0.278. The van der Waals surface area contributed by atoms with Crippen molar-refractivity contribution in [1.29, 1.82) is 0 Å². The molecule has 0 atom stereocenters. The van der Waals surface area contributed by atoms with Crippen LogP contribution in [0.2, 0.25) is 5.28 Å². The Morgan fingerprint density at radius 3 is 2.54 bits per heavy atom. The Kier molecular flexibility index (Phi) is 4.62. The Bertz CT molecular complexity index is 996. The molecule has 6 nitrogen and oxygen atoms in total. The van der Waals surface area contributed by atoms with Crippen LogP contribution in [-0.4, -0.2) is 19.5 Å². The van der Waals surface area contributed by atoms with Gasteiger partial charge in [0.05, 0.1) is 11.9 Å². The van der Waals surface area contributed by atoms with Crippen LogP contribution in [0, 0.1) is 0 Å². The maximum absolute atomic E-state index is 13.1.